The molecule has 0 unspecified atom stereocenters. The van der Waals surface area contributed by atoms with E-state index < -0.39 is 5.91 Å². The van der Waals surface area contributed by atoms with E-state index in [2.05, 4.69) is 96.2 Å². The molecule has 2 fully saturated rings. The van der Waals surface area contributed by atoms with E-state index in [-0.39, 0.29) is 0 Å². The number of benzene rings is 2. The Hall–Kier alpha value is -3.59. The molecule has 2 aromatic carbocycles. The zero-order valence-electron chi connectivity index (χ0n) is 26.3. The third-order valence-corrected chi connectivity index (χ3v) is 7.10. The molecule has 2 N–H and O–H groups in total. The Morgan fingerprint density at radius 1 is 1.05 bits per heavy atom. The molecule has 0 atom stereocenters. The number of likely N-dealkylation sites (N-methyl/N-ethyl adjacent to an activating group) is 1. The lowest BCUT2D eigenvalue weighted by atomic mass is 10.0. The molecule has 2 aromatic rings. The third-order valence-electron chi connectivity index (χ3n) is 7.10. The van der Waals surface area contributed by atoms with Crippen LogP contribution in [-0.4, -0.2) is 90.7 Å². The minimum absolute atomic E-state index is 0.311. The van der Waals surface area contributed by atoms with Gasteiger partial charge in [-0.2, -0.15) is 0 Å². The largest absolute Gasteiger partial charge is 0.357 e. The Morgan fingerprint density at radius 3 is 2.14 bits per heavy atom. The first-order valence-electron chi connectivity index (χ1n) is 14.7. The highest BCUT2D eigenvalue weighted by Crippen LogP contribution is 2.21. The van der Waals surface area contributed by atoms with Gasteiger partial charge in [-0.05, 0) is 57.9 Å². The Labute approximate surface area is 253 Å². The van der Waals surface area contributed by atoms with Crippen molar-refractivity contribution in [1.29, 1.82) is 0 Å². The summed E-state index contributed by atoms with van der Waals surface area (Å²) in [4.78, 5) is 31.6. The van der Waals surface area contributed by atoms with Crippen molar-refractivity contribution in [2.75, 3.05) is 46.3 Å². The maximum absolute atomic E-state index is 11.4. The Bertz CT molecular complexity index is 1160. The summed E-state index contributed by atoms with van der Waals surface area (Å²) in [5.41, 5.74) is 3.25. The molecule has 2 saturated heterocycles. The first-order chi connectivity index (χ1) is 20.2. The van der Waals surface area contributed by atoms with Crippen LogP contribution >= 0.6 is 0 Å². The van der Waals surface area contributed by atoms with Crippen LogP contribution in [0.1, 0.15) is 45.6 Å². The maximum atomic E-state index is 11.4. The molecule has 2 heterocycles. The van der Waals surface area contributed by atoms with Crippen molar-refractivity contribution in [2.45, 2.75) is 53.0 Å². The number of piperazine rings is 1. The summed E-state index contributed by atoms with van der Waals surface area (Å²) in [6.45, 7) is 21.3. The molecule has 0 aromatic heterocycles. The van der Waals surface area contributed by atoms with E-state index in [1.54, 1.807) is 18.5 Å². The van der Waals surface area contributed by atoms with Gasteiger partial charge in [0.2, 0.25) is 0 Å². The van der Waals surface area contributed by atoms with E-state index in [9.17, 15) is 4.79 Å². The molecule has 0 saturated carbocycles. The van der Waals surface area contributed by atoms with Gasteiger partial charge in [0.05, 0.1) is 5.57 Å². The average Bonchev–Trinajstić information content (AvgIpc) is 3.02. The number of aldehydes is 1. The van der Waals surface area contributed by atoms with Gasteiger partial charge in [-0.1, -0.05) is 73.7 Å². The van der Waals surface area contributed by atoms with Crippen molar-refractivity contribution >= 4 is 29.2 Å². The zero-order chi connectivity index (χ0) is 31.3. The topological polar surface area (TPSA) is 88.5 Å². The molecule has 4 rings (SSSR count). The predicted molar refractivity (Wildman–Crippen MR) is 176 cm³/mol. The van der Waals surface area contributed by atoms with Gasteiger partial charge < -0.3 is 14.6 Å². The fourth-order valence-electron chi connectivity index (χ4n) is 4.54. The monoisotopic (exact) mass is 577 g/mol. The number of aryl methyl sites for hydroxylation is 1. The summed E-state index contributed by atoms with van der Waals surface area (Å²) >= 11 is 0. The number of hydrogen-bond donors (Lipinski definition) is 2. The lowest BCUT2D eigenvalue weighted by molar-refractivity contribution is -0.124. The smallest absolute Gasteiger partial charge is 0.275 e. The Kier molecular flexibility index (Phi) is 18.4. The summed E-state index contributed by atoms with van der Waals surface area (Å²) in [7, 11) is 2.18. The number of amides is 1. The van der Waals surface area contributed by atoms with Crippen molar-refractivity contribution in [2.24, 2.45) is 4.99 Å². The van der Waals surface area contributed by atoms with Crippen LogP contribution in [0.15, 0.2) is 84.2 Å². The summed E-state index contributed by atoms with van der Waals surface area (Å²) in [5, 5.41) is 11.3. The first-order valence-corrected chi connectivity index (χ1v) is 14.7. The number of rotatable bonds is 6. The predicted octanol–water partition coefficient (Wildman–Crippen LogP) is 5.63. The second kappa shape index (κ2) is 21.2. The van der Waals surface area contributed by atoms with Crippen molar-refractivity contribution in [3.05, 3.63) is 84.7 Å². The number of allylic oxidation sites excluding steroid dienone is 2. The van der Waals surface area contributed by atoms with Crippen molar-refractivity contribution < 1.29 is 14.8 Å². The van der Waals surface area contributed by atoms with Gasteiger partial charge in [0.1, 0.15) is 12.1 Å². The van der Waals surface area contributed by atoms with Gasteiger partial charge in [0, 0.05) is 51.5 Å². The third kappa shape index (κ3) is 13.4. The van der Waals surface area contributed by atoms with E-state index in [0.717, 1.165) is 64.8 Å². The zero-order valence-corrected chi connectivity index (χ0v) is 26.3. The van der Waals surface area contributed by atoms with Gasteiger partial charge in [0.15, 0.2) is 0 Å². The molecule has 1 amide bonds. The minimum Gasteiger partial charge on any atom is -0.357 e. The molecule has 8 heteroatoms. The fourth-order valence-corrected chi connectivity index (χ4v) is 4.54. The molecule has 2 aliphatic heterocycles. The quantitative estimate of drug-likeness (QED) is 0.116. The number of nitrogens with one attached hydrogen (secondary N) is 1. The number of carbonyl (C=O) groups excluding carboxylic acids is 2. The number of hydroxylamine groups is 1. The van der Waals surface area contributed by atoms with E-state index in [0.29, 0.717) is 17.4 Å². The number of hydrogen-bond acceptors (Lipinski definition) is 7. The second-order valence-electron chi connectivity index (χ2n) is 10.2. The molecular formula is C34H51N5O3. The highest BCUT2D eigenvalue weighted by Gasteiger charge is 2.26. The van der Waals surface area contributed by atoms with Crippen LogP contribution in [0.3, 0.4) is 0 Å². The van der Waals surface area contributed by atoms with Crippen LogP contribution in [0.25, 0.3) is 10.8 Å². The van der Waals surface area contributed by atoms with Crippen LogP contribution in [-0.2, 0) is 9.59 Å². The molecule has 230 valence electrons. The lowest BCUT2D eigenvalue weighted by Gasteiger charge is -2.42. The Morgan fingerprint density at radius 2 is 1.62 bits per heavy atom. The number of aliphatic imine (C=N–C) groups is 1. The average molecular weight is 578 g/mol. The van der Waals surface area contributed by atoms with Gasteiger partial charge in [-0.25, -0.2) is 10.5 Å². The van der Waals surface area contributed by atoms with Crippen LogP contribution in [0.5, 0.6) is 0 Å². The lowest BCUT2D eigenvalue weighted by Crippen LogP contribution is -2.52. The van der Waals surface area contributed by atoms with Crippen LogP contribution < -0.4 is 5.48 Å². The summed E-state index contributed by atoms with van der Waals surface area (Å²) in [6, 6.07) is 15.6. The van der Waals surface area contributed by atoms with Crippen LogP contribution in [0.2, 0.25) is 0 Å². The Balaban J connectivity index is 0.000000400. The number of fused-ring (bicyclic) bond motifs is 1. The molecule has 0 radical (unpaired) electrons. The number of piperidine rings is 1. The molecule has 0 spiro atoms. The molecule has 8 nitrogen and oxygen atoms in total. The van der Waals surface area contributed by atoms with E-state index in [1.807, 2.05) is 6.08 Å². The van der Waals surface area contributed by atoms with Gasteiger partial charge in [-0.15, -0.1) is 6.58 Å². The highest BCUT2D eigenvalue weighted by molar-refractivity contribution is 6.11. The van der Waals surface area contributed by atoms with Crippen LogP contribution in [0.4, 0.5) is 0 Å². The SMILES string of the molecule is C=C(/N=C\C(=C/C)C(=O)NO)N1CCC(N2CCN(C)CC2)CC1.C=CCC.CC=O.Cc1ccc2ccccc2c1. The standard InChI is InChI=1S/C17H29N5O2.C11H10.C4H8.C2H4O/c1-4-15(17(23)19-24)13-18-14(2)21-7-5-16(6-8-21)22-11-9-20(3)10-12-22;1-9-6-7-10-4-2-3-5-11(10)8-9;1-3-4-2;1-2-3/h4,13,16,24H,2,5-12H2,1,3H3,(H,19,23);2-8H,1H3;3H,1,4H2,2H3;2H,1H3/b15-4+,18-13-;;;. The fraction of sp³-hybridized carbons (Fsp3) is 0.441. The normalized spacial score (nSPS) is 16.2. The molecule has 0 aliphatic carbocycles. The molecule has 42 heavy (non-hydrogen) atoms. The van der Waals surface area contributed by atoms with Gasteiger partial charge in [0.25, 0.3) is 5.91 Å². The van der Waals surface area contributed by atoms with Gasteiger partial charge >= 0.3 is 0 Å². The first kappa shape index (κ1) is 36.4. The van der Waals surface area contributed by atoms with Crippen LogP contribution in [0, 0.1) is 6.92 Å². The number of carbonyl (C=O) groups is 2. The summed E-state index contributed by atoms with van der Waals surface area (Å²) in [6.07, 6.45) is 8.99. The number of likely N-dealkylation sites (tertiary alicyclic amines) is 1. The molecular weight excluding hydrogens is 526 g/mol. The summed E-state index contributed by atoms with van der Waals surface area (Å²) < 4.78 is 0. The van der Waals surface area contributed by atoms with Gasteiger partial charge in [-0.3, -0.25) is 14.9 Å². The van der Waals surface area contributed by atoms with Crippen molar-refractivity contribution in [3.8, 4) is 0 Å². The maximum Gasteiger partial charge on any atom is 0.275 e. The van der Waals surface area contributed by atoms with Crippen molar-refractivity contribution in [3.63, 3.8) is 0 Å². The van der Waals surface area contributed by atoms with Crippen molar-refractivity contribution in [1.82, 2.24) is 20.2 Å². The summed E-state index contributed by atoms with van der Waals surface area (Å²) in [5.74, 6) is 0.0970. The molecule has 2 aliphatic rings. The van der Waals surface area contributed by atoms with E-state index in [1.165, 1.54) is 29.5 Å². The van der Waals surface area contributed by atoms with E-state index in [4.69, 9.17) is 10.0 Å². The van der Waals surface area contributed by atoms with E-state index >= 15 is 0 Å². The number of nitrogens with zero attached hydrogens (tertiary/aromatic N) is 4. The second-order valence-corrected chi connectivity index (χ2v) is 10.2. The molecule has 0 bridgehead atoms. The highest BCUT2D eigenvalue weighted by atomic mass is 16.5. The minimum atomic E-state index is -0.567.